The van der Waals surface area contributed by atoms with Crippen molar-refractivity contribution < 1.29 is 14.5 Å². The summed E-state index contributed by atoms with van der Waals surface area (Å²) >= 11 is 0. The van der Waals surface area contributed by atoms with Crippen LogP contribution in [0.3, 0.4) is 0 Å². The first-order chi connectivity index (χ1) is 19.3. The van der Waals surface area contributed by atoms with Gasteiger partial charge in [0.1, 0.15) is 11.5 Å². The number of hydrogen-bond acceptors (Lipinski definition) is 3. The Kier molecular flexibility index (Phi) is 14.8. The van der Waals surface area contributed by atoms with Crippen molar-refractivity contribution in [2.75, 3.05) is 0 Å². The van der Waals surface area contributed by atoms with Crippen LogP contribution >= 0.6 is 0 Å². The Bertz CT molecular complexity index is 1230. The van der Waals surface area contributed by atoms with Crippen molar-refractivity contribution >= 4 is 29.6 Å². The van der Waals surface area contributed by atoms with Crippen LogP contribution in [0.1, 0.15) is 76.7 Å². The Balaban J connectivity index is 0.00000441. The van der Waals surface area contributed by atoms with Gasteiger partial charge < -0.3 is 4.74 Å². The maximum atomic E-state index is 6.56. The van der Waals surface area contributed by atoms with Crippen molar-refractivity contribution in [3.05, 3.63) is 109 Å². The number of para-hydroxylation sites is 4. The van der Waals surface area contributed by atoms with Crippen LogP contribution in [-0.2, 0) is 6.42 Å². The molecule has 0 saturated carbocycles. The molecule has 0 aliphatic rings. The van der Waals surface area contributed by atoms with Crippen LogP contribution in [0.15, 0.2) is 103 Å². The van der Waals surface area contributed by atoms with Crippen LogP contribution < -0.4 is 14.5 Å². The van der Waals surface area contributed by atoms with E-state index in [2.05, 4.69) is 31.2 Å². The van der Waals surface area contributed by atoms with E-state index in [4.69, 9.17) is 14.5 Å². The summed E-state index contributed by atoms with van der Waals surface area (Å²) in [7, 11) is 0. The molecule has 4 aromatic carbocycles. The fourth-order valence-corrected chi connectivity index (χ4v) is 4.85. The predicted molar refractivity (Wildman–Crippen MR) is 167 cm³/mol. The summed E-state index contributed by atoms with van der Waals surface area (Å²) in [5, 5.41) is 0. The third kappa shape index (κ3) is 10.4. The average molecular weight is 546 g/mol. The monoisotopic (exact) mass is 545 g/mol. The van der Waals surface area contributed by atoms with Gasteiger partial charge in [0, 0.05) is 40.7 Å². The third-order valence-electron chi connectivity index (χ3n) is 7.01. The Hall–Kier alpha value is -2.72. The summed E-state index contributed by atoms with van der Waals surface area (Å²) in [6.07, 6.45) is 14.2. The zero-order valence-electron chi connectivity index (χ0n) is 24.3. The molecule has 0 spiro atoms. The van der Waals surface area contributed by atoms with E-state index in [9.17, 15) is 0 Å². The first kappa shape index (κ1) is 31.8. The van der Waals surface area contributed by atoms with E-state index in [1.54, 1.807) is 0 Å². The van der Waals surface area contributed by atoms with Crippen molar-refractivity contribution in [2.24, 2.45) is 0 Å². The Morgan fingerprint density at radius 3 is 1.70 bits per heavy atom. The molecule has 205 valence electrons. The van der Waals surface area contributed by atoms with Gasteiger partial charge in [0.05, 0.1) is 0 Å². The number of ether oxygens (including phenoxy) is 1. The Labute approximate surface area is 263 Å². The standard InChI is InChI=1S/C36H42O3.Na/c1-2-3-4-5-6-7-8-9-10-13-21-30-22-20-28-34(36(30)37-31-23-14-11-15-24-31)33-27-18-19-29-35(33)39-38-32-25-16-12-17-26-32;/h11-12,14-20,22-29H,2-10,13,21H2,1H3;. The van der Waals surface area contributed by atoms with E-state index in [1.165, 1.54) is 63.4 Å². The summed E-state index contributed by atoms with van der Waals surface area (Å²) in [5.41, 5.74) is 3.15. The summed E-state index contributed by atoms with van der Waals surface area (Å²) in [5.74, 6) is 3.02. The van der Waals surface area contributed by atoms with Gasteiger partial charge in [0.15, 0.2) is 11.5 Å². The second-order valence-electron chi connectivity index (χ2n) is 10.1. The Morgan fingerprint density at radius 2 is 1.02 bits per heavy atom. The molecule has 0 aliphatic carbocycles. The second-order valence-corrected chi connectivity index (χ2v) is 10.1. The number of hydrogen-bond donors (Lipinski definition) is 0. The summed E-state index contributed by atoms with van der Waals surface area (Å²) in [4.78, 5) is 11.5. The van der Waals surface area contributed by atoms with Gasteiger partial charge in [-0.05, 0) is 48.7 Å². The molecule has 0 unspecified atom stereocenters. The first-order valence-electron chi connectivity index (χ1n) is 14.7. The molecule has 0 heterocycles. The molecule has 0 aliphatic heterocycles. The third-order valence-corrected chi connectivity index (χ3v) is 7.01. The topological polar surface area (TPSA) is 27.7 Å². The molecule has 0 saturated heterocycles. The molecule has 4 rings (SSSR count). The molecule has 0 bridgehead atoms. The van der Waals surface area contributed by atoms with E-state index in [-0.39, 0.29) is 29.6 Å². The normalized spacial score (nSPS) is 10.5. The number of rotatable bonds is 17. The average Bonchev–Trinajstić information content (AvgIpc) is 2.99. The van der Waals surface area contributed by atoms with Gasteiger partial charge in [-0.25, -0.2) is 0 Å². The van der Waals surface area contributed by atoms with Gasteiger partial charge in [-0.3, -0.25) is 9.78 Å². The number of benzene rings is 4. The van der Waals surface area contributed by atoms with Crippen molar-refractivity contribution in [3.63, 3.8) is 0 Å². The van der Waals surface area contributed by atoms with Crippen LogP contribution in [0, 0.1) is 0 Å². The molecule has 40 heavy (non-hydrogen) atoms. The minimum Gasteiger partial charge on any atom is -0.456 e. The molecular weight excluding hydrogens is 503 g/mol. The van der Waals surface area contributed by atoms with Crippen molar-refractivity contribution in [1.82, 2.24) is 0 Å². The van der Waals surface area contributed by atoms with Crippen LogP contribution in [0.5, 0.6) is 23.0 Å². The quantitative estimate of drug-likeness (QED) is 0.0571. The van der Waals surface area contributed by atoms with Crippen LogP contribution in [0.2, 0.25) is 0 Å². The van der Waals surface area contributed by atoms with Gasteiger partial charge in [-0.2, -0.15) is 0 Å². The SMILES string of the molecule is CCCCCCCCCCCCc1cccc(-c2ccccc2OOc2ccccc2)c1Oc1ccccc1.[Na]. The molecule has 0 N–H and O–H groups in total. The molecule has 0 atom stereocenters. The minimum absolute atomic E-state index is 0. The molecule has 4 heteroatoms. The maximum Gasteiger partial charge on any atom is 0.186 e. The predicted octanol–water partition coefficient (Wildman–Crippen LogP) is 10.6. The van der Waals surface area contributed by atoms with Crippen molar-refractivity contribution in [2.45, 2.75) is 77.6 Å². The number of aryl methyl sites for hydroxylation is 1. The maximum absolute atomic E-state index is 6.56. The first-order valence-corrected chi connectivity index (χ1v) is 14.7. The van der Waals surface area contributed by atoms with Crippen molar-refractivity contribution in [3.8, 4) is 34.1 Å². The molecule has 0 fully saturated rings. The van der Waals surface area contributed by atoms with Gasteiger partial charge in [0.25, 0.3) is 0 Å². The van der Waals surface area contributed by atoms with Gasteiger partial charge in [-0.15, -0.1) is 0 Å². The van der Waals surface area contributed by atoms with Crippen molar-refractivity contribution in [1.29, 1.82) is 0 Å². The van der Waals surface area contributed by atoms with E-state index in [0.717, 1.165) is 35.5 Å². The molecule has 3 nitrogen and oxygen atoms in total. The van der Waals surface area contributed by atoms with Crippen LogP contribution in [0.25, 0.3) is 11.1 Å². The summed E-state index contributed by atoms with van der Waals surface area (Å²) in [6, 6.07) is 33.9. The van der Waals surface area contributed by atoms with Crippen LogP contribution in [-0.4, -0.2) is 29.6 Å². The fourth-order valence-electron chi connectivity index (χ4n) is 4.85. The fraction of sp³-hybridized carbons (Fsp3) is 0.333. The van der Waals surface area contributed by atoms with Gasteiger partial charge in [0.2, 0.25) is 0 Å². The van der Waals surface area contributed by atoms with Gasteiger partial charge >= 0.3 is 0 Å². The zero-order chi connectivity index (χ0) is 27.0. The zero-order valence-corrected chi connectivity index (χ0v) is 26.3. The van der Waals surface area contributed by atoms with Gasteiger partial charge in [-0.1, -0.05) is 138 Å². The number of unbranched alkanes of at least 4 members (excludes halogenated alkanes) is 9. The Morgan fingerprint density at radius 1 is 0.475 bits per heavy atom. The second kappa shape index (κ2) is 18.6. The van der Waals surface area contributed by atoms with E-state index in [0.29, 0.717) is 11.5 Å². The summed E-state index contributed by atoms with van der Waals surface area (Å²) < 4.78 is 6.56. The van der Waals surface area contributed by atoms with Crippen LogP contribution in [0.4, 0.5) is 0 Å². The van der Waals surface area contributed by atoms with E-state index >= 15 is 0 Å². The molecule has 1 radical (unpaired) electrons. The smallest absolute Gasteiger partial charge is 0.186 e. The molecule has 0 amide bonds. The van der Waals surface area contributed by atoms with E-state index < -0.39 is 0 Å². The van der Waals surface area contributed by atoms with E-state index in [1.807, 2.05) is 78.9 Å². The molecular formula is C36H42NaO3. The molecule has 4 aromatic rings. The minimum atomic E-state index is 0. The summed E-state index contributed by atoms with van der Waals surface area (Å²) in [6.45, 7) is 2.28. The largest absolute Gasteiger partial charge is 0.456 e. The molecule has 0 aromatic heterocycles.